The van der Waals surface area contributed by atoms with Crippen LogP contribution in [0.2, 0.25) is 0 Å². The second-order valence-corrected chi connectivity index (χ2v) is 4.14. The normalized spacial score (nSPS) is 9.64. The minimum absolute atomic E-state index is 0.0274. The van der Waals surface area contributed by atoms with Gasteiger partial charge in [0.2, 0.25) is 0 Å². The molecule has 0 bridgehead atoms. The summed E-state index contributed by atoms with van der Waals surface area (Å²) in [5, 5.41) is 0. The van der Waals surface area contributed by atoms with Crippen molar-refractivity contribution >= 4 is 0 Å². The van der Waals surface area contributed by atoms with E-state index < -0.39 is 12.9 Å². The van der Waals surface area contributed by atoms with Gasteiger partial charge in [0.25, 0.3) is 12.9 Å². The van der Waals surface area contributed by atoms with Crippen LogP contribution in [0.15, 0.2) is 48.5 Å². The first-order valence-electron chi connectivity index (χ1n) is 6.17. The van der Waals surface area contributed by atoms with Crippen LogP contribution in [0.5, 0.6) is 0 Å². The van der Waals surface area contributed by atoms with Gasteiger partial charge in [0, 0.05) is 22.3 Å². The fourth-order valence-electron chi connectivity index (χ4n) is 1.53. The number of halogens is 4. The Balaban J connectivity index is 0.000000220. The first-order valence-corrected chi connectivity index (χ1v) is 6.17. The highest BCUT2D eigenvalue weighted by Crippen LogP contribution is 2.19. The quantitative estimate of drug-likeness (QED) is 0.527. The van der Waals surface area contributed by atoms with Crippen LogP contribution in [0.4, 0.5) is 17.6 Å². The predicted octanol–water partition coefficient (Wildman–Crippen LogP) is 5.21. The fourth-order valence-corrected chi connectivity index (χ4v) is 1.53. The molecule has 0 aromatic heterocycles. The monoisotopic (exact) mass is 304 g/mol. The van der Waals surface area contributed by atoms with Gasteiger partial charge in [-0.2, -0.15) is 0 Å². The summed E-state index contributed by atoms with van der Waals surface area (Å²) in [6.45, 7) is 0. The zero-order chi connectivity index (χ0) is 16.5. The molecule has 0 saturated heterocycles. The second-order valence-electron chi connectivity index (χ2n) is 4.14. The molecule has 0 radical (unpaired) electrons. The Morgan fingerprint density at radius 3 is 1.32 bits per heavy atom. The molecule has 2 aromatic carbocycles. The number of hydrogen-bond donors (Lipinski definition) is 0. The molecule has 0 N–H and O–H groups in total. The molecule has 0 atom stereocenters. The summed E-state index contributed by atoms with van der Waals surface area (Å²) in [7, 11) is 0. The lowest BCUT2D eigenvalue weighted by Crippen LogP contribution is -1.84. The van der Waals surface area contributed by atoms with Crippen molar-refractivity contribution in [3.05, 3.63) is 70.8 Å². The van der Waals surface area contributed by atoms with E-state index in [1.165, 1.54) is 36.4 Å². The maximum atomic E-state index is 12.0. The highest BCUT2D eigenvalue weighted by Gasteiger charge is 2.06. The molecule has 0 aliphatic rings. The van der Waals surface area contributed by atoms with Gasteiger partial charge in [0.05, 0.1) is 0 Å². The summed E-state index contributed by atoms with van der Waals surface area (Å²) in [5.74, 6) is 4.58. The molecule has 2 aromatic rings. The van der Waals surface area contributed by atoms with Crippen molar-refractivity contribution < 1.29 is 17.6 Å². The number of terminal acetylenes is 2. The Labute approximate surface area is 126 Å². The number of alkyl halides is 4. The van der Waals surface area contributed by atoms with Crippen molar-refractivity contribution in [2.75, 3.05) is 0 Å². The first kappa shape index (κ1) is 17.3. The Bertz CT molecular complexity index is 629. The number of hydrogen-bond acceptors (Lipinski definition) is 0. The summed E-state index contributed by atoms with van der Waals surface area (Å²) < 4.78 is 48.1. The van der Waals surface area contributed by atoms with Crippen molar-refractivity contribution in [3.63, 3.8) is 0 Å². The zero-order valence-corrected chi connectivity index (χ0v) is 11.4. The van der Waals surface area contributed by atoms with Crippen LogP contribution in [0.25, 0.3) is 0 Å². The molecule has 0 aliphatic carbocycles. The highest BCUT2D eigenvalue weighted by atomic mass is 19.3. The average molecular weight is 304 g/mol. The zero-order valence-electron chi connectivity index (χ0n) is 11.4. The van der Waals surface area contributed by atoms with Gasteiger partial charge in [-0.15, -0.1) is 12.8 Å². The van der Waals surface area contributed by atoms with E-state index in [0.29, 0.717) is 11.1 Å². The minimum atomic E-state index is -2.44. The molecule has 0 amide bonds. The van der Waals surface area contributed by atoms with E-state index in [0.717, 1.165) is 0 Å². The first-order chi connectivity index (χ1) is 10.5. The van der Waals surface area contributed by atoms with Gasteiger partial charge in [-0.3, -0.25) is 0 Å². The molecule has 0 nitrogen and oxygen atoms in total. The van der Waals surface area contributed by atoms with E-state index in [1.807, 2.05) is 0 Å². The molecule has 22 heavy (non-hydrogen) atoms. The van der Waals surface area contributed by atoms with E-state index in [2.05, 4.69) is 11.8 Å². The maximum Gasteiger partial charge on any atom is 0.263 e. The van der Waals surface area contributed by atoms with E-state index >= 15 is 0 Å². The van der Waals surface area contributed by atoms with Crippen LogP contribution < -0.4 is 0 Å². The molecular weight excluding hydrogens is 292 g/mol. The summed E-state index contributed by atoms with van der Waals surface area (Å²) >= 11 is 0. The van der Waals surface area contributed by atoms with E-state index in [9.17, 15) is 17.6 Å². The Kier molecular flexibility index (Phi) is 6.73. The largest absolute Gasteiger partial charge is 0.263 e. The van der Waals surface area contributed by atoms with Gasteiger partial charge in [-0.1, -0.05) is 36.1 Å². The van der Waals surface area contributed by atoms with Gasteiger partial charge in [-0.05, 0) is 24.3 Å². The SMILES string of the molecule is C#Cc1cccc(C(F)F)c1.C#Cc1cccc(C(F)F)c1. The lowest BCUT2D eigenvalue weighted by molar-refractivity contribution is 0.151. The van der Waals surface area contributed by atoms with Crippen LogP contribution in [0, 0.1) is 24.7 Å². The third-order valence-electron chi connectivity index (χ3n) is 2.61. The maximum absolute atomic E-state index is 12.0. The van der Waals surface area contributed by atoms with Crippen LogP contribution in [0.1, 0.15) is 35.1 Å². The fraction of sp³-hybridized carbons (Fsp3) is 0.111. The summed E-state index contributed by atoms with van der Waals surface area (Å²) in [4.78, 5) is 0. The predicted molar refractivity (Wildman–Crippen MR) is 78.7 cm³/mol. The summed E-state index contributed by atoms with van der Waals surface area (Å²) in [6, 6.07) is 11.6. The second kappa shape index (κ2) is 8.54. The van der Waals surface area contributed by atoms with Crippen LogP contribution in [-0.4, -0.2) is 0 Å². The summed E-state index contributed by atoms with van der Waals surface area (Å²) in [5.41, 5.74) is 0.923. The van der Waals surface area contributed by atoms with Gasteiger partial charge >= 0.3 is 0 Å². The highest BCUT2D eigenvalue weighted by molar-refractivity contribution is 5.36. The molecule has 0 aliphatic heterocycles. The van der Waals surface area contributed by atoms with Crippen molar-refractivity contribution in [2.45, 2.75) is 12.9 Å². The number of benzene rings is 2. The van der Waals surface area contributed by atoms with Crippen molar-refractivity contribution in [2.24, 2.45) is 0 Å². The van der Waals surface area contributed by atoms with Crippen LogP contribution >= 0.6 is 0 Å². The Morgan fingerprint density at radius 1 is 0.682 bits per heavy atom. The summed E-state index contributed by atoms with van der Waals surface area (Å²) in [6.07, 6.45) is 5.17. The van der Waals surface area contributed by atoms with E-state index in [1.54, 1.807) is 12.1 Å². The van der Waals surface area contributed by atoms with Crippen molar-refractivity contribution in [1.29, 1.82) is 0 Å². The van der Waals surface area contributed by atoms with Crippen LogP contribution in [0.3, 0.4) is 0 Å². The molecule has 0 unspecified atom stereocenters. The molecule has 112 valence electrons. The molecule has 2 rings (SSSR count). The molecule has 0 fully saturated rings. The van der Waals surface area contributed by atoms with Crippen LogP contribution in [-0.2, 0) is 0 Å². The lowest BCUT2D eigenvalue weighted by atomic mass is 10.1. The smallest absolute Gasteiger partial charge is 0.205 e. The van der Waals surface area contributed by atoms with Crippen molar-refractivity contribution in [3.8, 4) is 24.7 Å². The van der Waals surface area contributed by atoms with E-state index in [-0.39, 0.29) is 11.1 Å². The number of rotatable bonds is 2. The standard InChI is InChI=1S/2C9H6F2/c2*1-2-7-4-3-5-8(6-7)9(10)11/h2*1,3-6,9H. The average Bonchev–Trinajstić information content (AvgIpc) is 2.55. The topological polar surface area (TPSA) is 0 Å². The third-order valence-corrected chi connectivity index (χ3v) is 2.61. The molecular formula is C18H12F4. The Morgan fingerprint density at radius 2 is 1.05 bits per heavy atom. The van der Waals surface area contributed by atoms with Crippen molar-refractivity contribution in [1.82, 2.24) is 0 Å². The third kappa shape index (κ3) is 5.34. The lowest BCUT2D eigenvalue weighted by Gasteiger charge is -1.98. The minimum Gasteiger partial charge on any atom is -0.205 e. The Hall–Kier alpha value is -2.72. The van der Waals surface area contributed by atoms with Gasteiger partial charge < -0.3 is 0 Å². The molecule has 4 heteroatoms. The van der Waals surface area contributed by atoms with E-state index in [4.69, 9.17) is 12.8 Å². The van der Waals surface area contributed by atoms with Gasteiger partial charge in [0.1, 0.15) is 0 Å². The molecule has 0 heterocycles. The van der Waals surface area contributed by atoms with Gasteiger partial charge in [-0.25, -0.2) is 17.6 Å². The van der Waals surface area contributed by atoms with Gasteiger partial charge in [0.15, 0.2) is 0 Å². The molecule has 0 saturated carbocycles. The molecule has 0 spiro atoms.